The number of benzene rings is 1. The Kier molecular flexibility index (Phi) is 12.7. The molecule has 1 rings (SSSR count). The molecule has 0 spiro atoms. The van der Waals surface area contributed by atoms with Crippen LogP contribution in [0, 0.1) is 0 Å². The van der Waals surface area contributed by atoms with Crippen LogP contribution in [0.1, 0.15) is 38.2 Å². The van der Waals surface area contributed by atoms with Crippen LogP contribution in [0.4, 0.5) is 5.69 Å². The maximum Gasteiger partial charge on any atom is 0.0606 e. The summed E-state index contributed by atoms with van der Waals surface area (Å²) in [5.41, 5.74) is 3.08. The maximum atomic E-state index is 9.13. The molecule has 1 aromatic carbocycles. The van der Waals surface area contributed by atoms with Gasteiger partial charge in [-0.05, 0) is 35.8 Å². The van der Waals surface area contributed by atoms with Gasteiger partial charge >= 0.3 is 0 Å². The molecule has 0 aliphatic rings. The number of hydrogen-bond acceptors (Lipinski definition) is 4. The average molecular weight is 371 g/mol. The summed E-state index contributed by atoms with van der Waals surface area (Å²) in [7, 11) is 0. The van der Waals surface area contributed by atoms with Gasteiger partial charge in [-0.2, -0.15) is 0 Å². The third-order valence-corrected chi connectivity index (χ3v) is 4.22. The molecule has 0 bridgehead atoms. The molecule has 0 aliphatic heterocycles. The normalized spacial score (nSPS) is 12.2. The number of rotatable bonds is 14. The van der Waals surface area contributed by atoms with Gasteiger partial charge in [0, 0.05) is 31.5 Å². The first-order chi connectivity index (χ1) is 13.2. The molecule has 0 saturated carbocycles. The van der Waals surface area contributed by atoms with E-state index in [0.29, 0.717) is 13.1 Å². The van der Waals surface area contributed by atoms with Crippen LogP contribution in [0.3, 0.4) is 0 Å². The Morgan fingerprint density at radius 1 is 1.07 bits per heavy atom. The van der Waals surface area contributed by atoms with Gasteiger partial charge in [0.1, 0.15) is 0 Å². The number of aliphatic hydroxyl groups excluding tert-OH is 2. The van der Waals surface area contributed by atoms with E-state index < -0.39 is 0 Å². The summed E-state index contributed by atoms with van der Waals surface area (Å²) in [6, 6.07) is 8.05. The summed E-state index contributed by atoms with van der Waals surface area (Å²) < 4.78 is 0. The SMILES string of the molecule is C=CC(/C=C/c1ccc(N(CCO)CCO)cc1)=C\C=NCCCCCC. The molecule has 0 fully saturated rings. The van der Waals surface area contributed by atoms with E-state index in [1.165, 1.54) is 19.3 Å². The molecule has 0 atom stereocenters. The molecule has 0 aliphatic carbocycles. The first kappa shape index (κ1) is 22.9. The smallest absolute Gasteiger partial charge is 0.0606 e. The maximum absolute atomic E-state index is 9.13. The fourth-order valence-electron chi connectivity index (χ4n) is 2.63. The number of unbranched alkanes of at least 4 members (excludes halogenated alkanes) is 3. The van der Waals surface area contributed by atoms with E-state index in [0.717, 1.165) is 29.8 Å². The van der Waals surface area contributed by atoms with Gasteiger partial charge in [-0.15, -0.1) is 0 Å². The van der Waals surface area contributed by atoms with Gasteiger partial charge in [0.05, 0.1) is 13.2 Å². The van der Waals surface area contributed by atoms with Gasteiger partial charge in [-0.1, -0.05) is 63.1 Å². The fraction of sp³-hybridized carbons (Fsp3) is 0.435. The lowest BCUT2D eigenvalue weighted by atomic mass is 10.1. The molecule has 0 heterocycles. The zero-order valence-electron chi connectivity index (χ0n) is 16.6. The topological polar surface area (TPSA) is 56.1 Å². The van der Waals surface area contributed by atoms with Gasteiger partial charge < -0.3 is 15.1 Å². The van der Waals surface area contributed by atoms with Crippen molar-refractivity contribution < 1.29 is 10.2 Å². The largest absolute Gasteiger partial charge is 0.395 e. The Morgan fingerprint density at radius 3 is 2.37 bits per heavy atom. The van der Waals surface area contributed by atoms with E-state index in [4.69, 9.17) is 10.2 Å². The minimum atomic E-state index is 0.0648. The van der Waals surface area contributed by atoms with Crippen LogP contribution in [-0.2, 0) is 0 Å². The Bertz CT molecular complexity index is 597. The monoisotopic (exact) mass is 370 g/mol. The number of hydrogen-bond donors (Lipinski definition) is 2. The second-order valence-electron chi connectivity index (χ2n) is 6.35. The van der Waals surface area contributed by atoms with Gasteiger partial charge in [-0.3, -0.25) is 4.99 Å². The summed E-state index contributed by atoms with van der Waals surface area (Å²) in [5, 5.41) is 18.3. The van der Waals surface area contributed by atoms with Gasteiger partial charge in [0.15, 0.2) is 0 Å². The third-order valence-electron chi connectivity index (χ3n) is 4.22. The molecule has 27 heavy (non-hydrogen) atoms. The highest BCUT2D eigenvalue weighted by Crippen LogP contribution is 2.16. The molecule has 4 heteroatoms. The summed E-state index contributed by atoms with van der Waals surface area (Å²) in [6.45, 7) is 8.10. The highest BCUT2D eigenvalue weighted by molar-refractivity contribution is 5.75. The highest BCUT2D eigenvalue weighted by atomic mass is 16.3. The third kappa shape index (κ3) is 9.92. The van der Waals surface area contributed by atoms with Gasteiger partial charge in [-0.25, -0.2) is 0 Å². The Balaban J connectivity index is 2.61. The second-order valence-corrected chi connectivity index (χ2v) is 6.35. The molecule has 0 radical (unpaired) electrons. The van der Waals surface area contributed by atoms with Crippen molar-refractivity contribution in [3.05, 3.63) is 60.2 Å². The quantitative estimate of drug-likeness (QED) is 0.292. The van der Waals surface area contributed by atoms with Crippen LogP contribution in [0.5, 0.6) is 0 Å². The number of allylic oxidation sites excluding steroid dienone is 4. The lowest BCUT2D eigenvalue weighted by Gasteiger charge is -2.22. The molecule has 0 amide bonds. The number of nitrogens with zero attached hydrogens (tertiary/aromatic N) is 2. The van der Waals surface area contributed by atoms with Crippen LogP contribution in [0.15, 0.2) is 59.6 Å². The predicted octanol–water partition coefficient (Wildman–Crippen LogP) is 4.25. The van der Waals surface area contributed by atoms with Crippen LogP contribution in [0.25, 0.3) is 6.08 Å². The standard InChI is InChI=1S/C23H34N2O2/c1-3-5-6-7-15-24-16-14-21(4-2)8-9-22-10-12-23(13-11-22)25(17-19-26)18-20-27/h4,8-14,16,26-27H,2-3,5-7,15,17-20H2,1H3/b9-8+,21-14+,24-16?. The summed E-state index contributed by atoms with van der Waals surface area (Å²) >= 11 is 0. The lowest BCUT2D eigenvalue weighted by Crippen LogP contribution is -2.29. The number of anilines is 1. The van der Waals surface area contributed by atoms with Crippen molar-refractivity contribution in [2.24, 2.45) is 4.99 Å². The van der Waals surface area contributed by atoms with E-state index in [-0.39, 0.29) is 13.2 Å². The number of aliphatic imine (C=N–C) groups is 1. The van der Waals surface area contributed by atoms with Gasteiger partial charge in [0.25, 0.3) is 0 Å². The van der Waals surface area contributed by atoms with Crippen molar-refractivity contribution in [1.29, 1.82) is 0 Å². The van der Waals surface area contributed by atoms with Crippen molar-refractivity contribution in [2.75, 3.05) is 37.7 Å². The average Bonchev–Trinajstić information content (AvgIpc) is 2.70. The van der Waals surface area contributed by atoms with Crippen LogP contribution in [0.2, 0.25) is 0 Å². The zero-order chi connectivity index (χ0) is 19.7. The Morgan fingerprint density at radius 2 is 1.78 bits per heavy atom. The van der Waals surface area contributed by atoms with E-state index in [2.05, 4.69) is 18.5 Å². The minimum absolute atomic E-state index is 0.0648. The molecule has 1 aromatic rings. The van der Waals surface area contributed by atoms with Crippen molar-refractivity contribution in [2.45, 2.75) is 32.6 Å². The summed E-state index contributed by atoms with van der Waals surface area (Å²) in [5.74, 6) is 0. The van der Waals surface area contributed by atoms with E-state index >= 15 is 0 Å². The predicted molar refractivity (Wildman–Crippen MR) is 118 cm³/mol. The first-order valence-electron chi connectivity index (χ1n) is 9.82. The lowest BCUT2D eigenvalue weighted by molar-refractivity contribution is 0.281. The molecule has 2 N–H and O–H groups in total. The highest BCUT2D eigenvalue weighted by Gasteiger charge is 2.04. The molecular formula is C23H34N2O2. The van der Waals surface area contributed by atoms with Crippen molar-refractivity contribution in [1.82, 2.24) is 0 Å². The van der Waals surface area contributed by atoms with Crippen molar-refractivity contribution >= 4 is 18.0 Å². The van der Waals surface area contributed by atoms with Crippen molar-refractivity contribution in [3.63, 3.8) is 0 Å². The van der Waals surface area contributed by atoms with E-state index in [1.807, 2.05) is 59.7 Å². The Labute approximate surface area is 164 Å². The second kappa shape index (κ2) is 14.9. The molecular weight excluding hydrogens is 336 g/mol. The summed E-state index contributed by atoms with van der Waals surface area (Å²) in [4.78, 5) is 6.38. The zero-order valence-corrected chi connectivity index (χ0v) is 16.6. The molecule has 4 nitrogen and oxygen atoms in total. The van der Waals surface area contributed by atoms with Crippen LogP contribution < -0.4 is 4.90 Å². The number of aliphatic hydroxyl groups is 2. The van der Waals surface area contributed by atoms with Crippen LogP contribution >= 0.6 is 0 Å². The van der Waals surface area contributed by atoms with Crippen molar-refractivity contribution in [3.8, 4) is 0 Å². The first-order valence-corrected chi connectivity index (χ1v) is 9.82. The molecule has 0 aromatic heterocycles. The fourth-order valence-corrected chi connectivity index (χ4v) is 2.63. The molecule has 0 saturated heterocycles. The van der Waals surface area contributed by atoms with E-state index in [1.54, 1.807) is 0 Å². The molecule has 148 valence electrons. The molecule has 0 unspecified atom stereocenters. The Hall–Kier alpha value is -2.17. The van der Waals surface area contributed by atoms with Gasteiger partial charge in [0.2, 0.25) is 0 Å². The summed E-state index contributed by atoms with van der Waals surface area (Å²) in [6.07, 6.45) is 14.6. The van der Waals surface area contributed by atoms with E-state index in [9.17, 15) is 0 Å². The minimum Gasteiger partial charge on any atom is -0.395 e. The van der Waals surface area contributed by atoms with Crippen LogP contribution in [-0.4, -0.2) is 49.3 Å².